The fourth-order valence-electron chi connectivity index (χ4n) is 1.70. The van der Waals surface area contributed by atoms with Crippen molar-refractivity contribution in [2.45, 2.75) is 6.04 Å². The summed E-state index contributed by atoms with van der Waals surface area (Å²) in [7, 11) is 1.66. The second kappa shape index (κ2) is 5.15. The highest BCUT2D eigenvalue weighted by Crippen LogP contribution is 2.33. The van der Waals surface area contributed by atoms with Gasteiger partial charge in [-0.15, -0.1) is 0 Å². The Hall–Kier alpha value is -2.28. The summed E-state index contributed by atoms with van der Waals surface area (Å²) in [6, 6.07) is 4.22. The van der Waals surface area contributed by atoms with Crippen LogP contribution in [-0.2, 0) is 9.59 Å². The number of hydrogen-bond donors (Lipinski definition) is 3. The molecule has 1 aromatic carbocycles. The second-order valence-electron chi connectivity index (χ2n) is 4.25. The normalized spacial score (nSPS) is 15.5. The van der Waals surface area contributed by atoms with Crippen molar-refractivity contribution < 1.29 is 19.4 Å². The highest BCUT2D eigenvalue weighted by molar-refractivity contribution is 5.97. The van der Waals surface area contributed by atoms with Crippen molar-refractivity contribution in [2.75, 3.05) is 30.4 Å². The summed E-state index contributed by atoms with van der Waals surface area (Å²) in [6.45, 7) is 0.132. The quantitative estimate of drug-likeness (QED) is 0.700. The molecular formula is C12H15N3O4. The van der Waals surface area contributed by atoms with Crippen molar-refractivity contribution in [3.05, 3.63) is 18.2 Å². The number of aliphatic carboxylic acids is 1. The van der Waals surface area contributed by atoms with E-state index in [1.54, 1.807) is 25.2 Å². The molecule has 1 unspecified atom stereocenters. The number of carbonyl (C=O) groups is 2. The van der Waals surface area contributed by atoms with Crippen LogP contribution in [0.15, 0.2) is 18.2 Å². The highest BCUT2D eigenvalue weighted by atomic mass is 16.5. The molecule has 7 heteroatoms. The number of ether oxygens (including phenoxy) is 1. The summed E-state index contributed by atoms with van der Waals surface area (Å²) in [5.74, 6) is -0.580. The molecule has 4 N–H and O–H groups in total. The third-order valence-corrected chi connectivity index (χ3v) is 2.89. The molecule has 1 aliphatic rings. The smallest absolute Gasteiger partial charge is 0.322 e. The molecule has 1 aliphatic heterocycles. The molecule has 1 atom stereocenters. The van der Waals surface area contributed by atoms with E-state index in [0.717, 1.165) is 0 Å². The van der Waals surface area contributed by atoms with Gasteiger partial charge in [0.15, 0.2) is 6.61 Å². The average Bonchev–Trinajstić information content (AvgIpc) is 2.40. The maximum atomic E-state index is 11.5. The van der Waals surface area contributed by atoms with Crippen LogP contribution in [0.5, 0.6) is 5.75 Å². The van der Waals surface area contributed by atoms with E-state index >= 15 is 0 Å². The van der Waals surface area contributed by atoms with Crippen molar-refractivity contribution in [2.24, 2.45) is 5.73 Å². The third kappa shape index (κ3) is 2.76. The largest absolute Gasteiger partial charge is 0.482 e. The maximum Gasteiger partial charge on any atom is 0.322 e. The van der Waals surface area contributed by atoms with Crippen molar-refractivity contribution >= 4 is 23.3 Å². The van der Waals surface area contributed by atoms with Crippen LogP contribution in [0.2, 0.25) is 0 Å². The van der Waals surface area contributed by atoms with Crippen LogP contribution >= 0.6 is 0 Å². The topological polar surface area (TPSA) is 105 Å². The standard InChI is InChI=1S/C12H15N3O4/c1-15-9-4-7(14-5-8(13)12(17)18)2-3-10(9)19-6-11(15)16/h2-4,8,14H,5-6,13H2,1H3,(H,17,18). The fourth-order valence-corrected chi connectivity index (χ4v) is 1.70. The Morgan fingerprint density at radius 1 is 1.63 bits per heavy atom. The summed E-state index contributed by atoms with van der Waals surface area (Å²) in [4.78, 5) is 23.6. The van der Waals surface area contributed by atoms with E-state index < -0.39 is 12.0 Å². The molecule has 0 fully saturated rings. The van der Waals surface area contributed by atoms with E-state index in [1.807, 2.05) is 0 Å². The van der Waals surface area contributed by atoms with Crippen molar-refractivity contribution in [3.8, 4) is 5.75 Å². The van der Waals surface area contributed by atoms with Crippen LogP contribution in [0.1, 0.15) is 0 Å². The van der Waals surface area contributed by atoms with Gasteiger partial charge in [-0.2, -0.15) is 0 Å². The molecule has 0 radical (unpaired) electrons. The number of carboxylic acids is 1. The van der Waals surface area contributed by atoms with Gasteiger partial charge in [0.1, 0.15) is 11.8 Å². The molecule has 0 saturated heterocycles. The number of likely N-dealkylation sites (N-methyl/N-ethyl adjacent to an activating group) is 1. The van der Waals surface area contributed by atoms with Crippen LogP contribution in [-0.4, -0.2) is 43.2 Å². The van der Waals surface area contributed by atoms with Crippen molar-refractivity contribution in [1.29, 1.82) is 0 Å². The molecule has 7 nitrogen and oxygen atoms in total. The SMILES string of the molecule is CN1C(=O)COc2ccc(NCC(N)C(=O)O)cc21. The molecule has 1 heterocycles. The first kappa shape index (κ1) is 13.2. The number of hydrogen-bond acceptors (Lipinski definition) is 5. The first-order valence-corrected chi connectivity index (χ1v) is 5.74. The molecular weight excluding hydrogens is 250 g/mol. The van der Waals surface area contributed by atoms with E-state index in [1.165, 1.54) is 4.90 Å². The number of amides is 1. The molecule has 1 aromatic rings. The van der Waals surface area contributed by atoms with E-state index in [0.29, 0.717) is 17.1 Å². The monoisotopic (exact) mass is 265 g/mol. The molecule has 0 aromatic heterocycles. The number of carbonyl (C=O) groups excluding carboxylic acids is 1. The highest BCUT2D eigenvalue weighted by Gasteiger charge is 2.22. The van der Waals surface area contributed by atoms with E-state index in [4.69, 9.17) is 15.6 Å². The zero-order valence-corrected chi connectivity index (χ0v) is 10.4. The van der Waals surface area contributed by atoms with Gasteiger partial charge in [0.25, 0.3) is 5.91 Å². The fraction of sp³-hybridized carbons (Fsp3) is 0.333. The first-order valence-electron chi connectivity index (χ1n) is 5.74. The molecule has 0 saturated carbocycles. The van der Waals surface area contributed by atoms with Gasteiger partial charge in [-0.05, 0) is 18.2 Å². The molecule has 0 spiro atoms. The van der Waals surface area contributed by atoms with Gasteiger partial charge in [0.05, 0.1) is 5.69 Å². The van der Waals surface area contributed by atoms with Gasteiger partial charge in [0.2, 0.25) is 0 Å². The van der Waals surface area contributed by atoms with Crippen LogP contribution in [0, 0.1) is 0 Å². The van der Waals surface area contributed by atoms with Crippen LogP contribution in [0.25, 0.3) is 0 Å². The van der Waals surface area contributed by atoms with E-state index in [9.17, 15) is 9.59 Å². The lowest BCUT2D eigenvalue weighted by atomic mass is 10.2. The Labute approximate surface area is 109 Å². The lowest BCUT2D eigenvalue weighted by Crippen LogP contribution is -2.37. The Kier molecular flexibility index (Phi) is 3.57. The number of nitrogens with two attached hydrogens (primary N) is 1. The third-order valence-electron chi connectivity index (χ3n) is 2.89. The van der Waals surface area contributed by atoms with Gasteiger partial charge in [-0.3, -0.25) is 9.59 Å². The summed E-state index contributed by atoms with van der Waals surface area (Å²) < 4.78 is 5.29. The summed E-state index contributed by atoms with van der Waals surface area (Å²) in [5.41, 5.74) is 6.72. The minimum atomic E-state index is -1.07. The maximum absolute atomic E-state index is 11.5. The number of nitrogens with one attached hydrogen (secondary N) is 1. The lowest BCUT2D eigenvalue weighted by Gasteiger charge is -2.26. The van der Waals surface area contributed by atoms with Gasteiger partial charge in [-0.1, -0.05) is 0 Å². The number of fused-ring (bicyclic) bond motifs is 1. The first-order chi connectivity index (χ1) is 8.99. The Morgan fingerprint density at radius 3 is 3.05 bits per heavy atom. The number of benzene rings is 1. The number of rotatable bonds is 4. The van der Waals surface area contributed by atoms with Crippen molar-refractivity contribution in [1.82, 2.24) is 0 Å². The molecule has 19 heavy (non-hydrogen) atoms. The predicted octanol–water partition coefficient (Wildman–Crippen LogP) is -0.134. The minimum absolute atomic E-state index is 0.0279. The Morgan fingerprint density at radius 2 is 2.37 bits per heavy atom. The lowest BCUT2D eigenvalue weighted by molar-refractivity contribution is -0.138. The van der Waals surface area contributed by atoms with Gasteiger partial charge < -0.3 is 25.8 Å². The Bertz CT molecular complexity index is 518. The van der Waals surface area contributed by atoms with E-state index in [-0.39, 0.29) is 19.1 Å². The Balaban J connectivity index is 2.12. The zero-order chi connectivity index (χ0) is 14.0. The molecule has 2 rings (SSSR count). The molecule has 1 amide bonds. The number of nitrogens with zero attached hydrogens (tertiary/aromatic N) is 1. The predicted molar refractivity (Wildman–Crippen MR) is 69.4 cm³/mol. The number of carboxylic acid groups (broad SMARTS) is 1. The number of anilines is 2. The molecule has 0 aliphatic carbocycles. The zero-order valence-electron chi connectivity index (χ0n) is 10.4. The summed E-state index contributed by atoms with van der Waals surface area (Å²) in [5, 5.41) is 11.6. The summed E-state index contributed by atoms with van der Waals surface area (Å²) >= 11 is 0. The van der Waals surface area contributed by atoms with Gasteiger partial charge in [0, 0.05) is 19.3 Å². The van der Waals surface area contributed by atoms with Gasteiger partial charge in [-0.25, -0.2) is 0 Å². The van der Waals surface area contributed by atoms with Crippen LogP contribution in [0.3, 0.4) is 0 Å². The summed E-state index contributed by atoms with van der Waals surface area (Å²) in [6.07, 6.45) is 0. The average molecular weight is 265 g/mol. The molecule has 102 valence electrons. The van der Waals surface area contributed by atoms with Gasteiger partial charge >= 0.3 is 5.97 Å². The molecule has 0 bridgehead atoms. The van der Waals surface area contributed by atoms with Crippen LogP contribution < -0.4 is 20.7 Å². The van der Waals surface area contributed by atoms with Crippen molar-refractivity contribution in [3.63, 3.8) is 0 Å². The second-order valence-corrected chi connectivity index (χ2v) is 4.25. The van der Waals surface area contributed by atoms with Crippen LogP contribution in [0.4, 0.5) is 11.4 Å². The minimum Gasteiger partial charge on any atom is -0.482 e. The van der Waals surface area contributed by atoms with E-state index in [2.05, 4.69) is 5.32 Å².